The second kappa shape index (κ2) is 5.83. The third kappa shape index (κ3) is 2.97. The summed E-state index contributed by atoms with van der Waals surface area (Å²) in [4.78, 5) is 4.33. The average molecular weight is 277 g/mol. The summed E-state index contributed by atoms with van der Waals surface area (Å²) >= 11 is 0. The Balaban J connectivity index is 1.81. The van der Waals surface area contributed by atoms with Gasteiger partial charge >= 0.3 is 0 Å². The first-order valence-corrected chi connectivity index (χ1v) is 7.16. The summed E-state index contributed by atoms with van der Waals surface area (Å²) in [5.74, 6) is 0. The van der Waals surface area contributed by atoms with Crippen LogP contribution in [0.2, 0.25) is 0 Å². The minimum absolute atomic E-state index is 0.770. The molecule has 0 unspecified atom stereocenters. The molecule has 0 aliphatic rings. The predicted octanol–water partition coefficient (Wildman–Crippen LogP) is 3.78. The van der Waals surface area contributed by atoms with E-state index in [0.29, 0.717) is 0 Å². The molecule has 0 bridgehead atoms. The van der Waals surface area contributed by atoms with Crippen LogP contribution < -0.4 is 11.1 Å². The fraction of sp³-hybridized carbons (Fsp3) is 0.167. The molecule has 0 radical (unpaired) electrons. The SMILES string of the molecule is Cc1cc2c(NCCc3ccccc3)ccc(N)c2cn1. The number of pyridine rings is 1. The Bertz CT molecular complexity index is 751. The molecule has 0 atom stereocenters. The molecule has 3 aromatic rings. The Morgan fingerprint density at radius 3 is 2.67 bits per heavy atom. The van der Waals surface area contributed by atoms with Crippen LogP contribution in [-0.4, -0.2) is 11.5 Å². The zero-order valence-electron chi connectivity index (χ0n) is 12.1. The van der Waals surface area contributed by atoms with Crippen LogP contribution in [-0.2, 0) is 6.42 Å². The highest BCUT2D eigenvalue weighted by atomic mass is 14.9. The lowest BCUT2D eigenvalue weighted by atomic mass is 10.1. The van der Waals surface area contributed by atoms with Crippen molar-refractivity contribution in [1.29, 1.82) is 0 Å². The molecular weight excluding hydrogens is 258 g/mol. The van der Waals surface area contributed by atoms with Crippen molar-refractivity contribution >= 4 is 22.1 Å². The van der Waals surface area contributed by atoms with E-state index < -0.39 is 0 Å². The van der Waals surface area contributed by atoms with Crippen LogP contribution in [0.1, 0.15) is 11.3 Å². The quantitative estimate of drug-likeness (QED) is 0.713. The van der Waals surface area contributed by atoms with Crippen molar-refractivity contribution < 1.29 is 0 Å². The molecule has 21 heavy (non-hydrogen) atoms. The monoisotopic (exact) mass is 277 g/mol. The van der Waals surface area contributed by atoms with Crippen molar-refractivity contribution in [3.05, 3.63) is 66.0 Å². The normalized spacial score (nSPS) is 10.7. The van der Waals surface area contributed by atoms with Crippen molar-refractivity contribution in [3.8, 4) is 0 Å². The summed E-state index contributed by atoms with van der Waals surface area (Å²) in [5, 5.41) is 5.65. The molecule has 0 saturated carbocycles. The number of nitrogens with zero attached hydrogens (tertiary/aromatic N) is 1. The summed E-state index contributed by atoms with van der Waals surface area (Å²) in [5.41, 5.74) is 10.2. The van der Waals surface area contributed by atoms with E-state index in [9.17, 15) is 0 Å². The molecule has 0 spiro atoms. The number of fused-ring (bicyclic) bond motifs is 1. The molecule has 0 aliphatic carbocycles. The molecule has 2 aromatic carbocycles. The summed E-state index contributed by atoms with van der Waals surface area (Å²) < 4.78 is 0. The van der Waals surface area contributed by atoms with Gasteiger partial charge in [-0.3, -0.25) is 4.98 Å². The van der Waals surface area contributed by atoms with E-state index in [1.165, 1.54) is 5.56 Å². The lowest BCUT2D eigenvalue weighted by molar-refractivity contribution is 1.02. The minimum atomic E-state index is 0.770. The number of nitrogens with one attached hydrogen (secondary N) is 1. The first kappa shape index (κ1) is 13.4. The number of nitrogen functional groups attached to an aromatic ring is 1. The van der Waals surface area contributed by atoms with E-state index in [1.807, 2.05) is 31.3 Å². The van der Waals surface area contributed by atoms with Gasteiger partial charge < -0.3 is 11.1 Å². The molecule has 3 heteroatoms. The molecular formula is C18H19N3. The number of nitrogens with two attached hydrogens (primary N) is 1. The van der Waals surface area contributed by atoms with Crippen LogP contribution in [0.15, 0.2) is 54.7 Å². The topological polar surface area (TPSA) is 50.9 Å². The molecule has 0 amide bonds. The van der Waals surface area contributed by atoms with E-state index in [2.05, 4.69) is 40.6 Å². The van der Waals surface area contributed by atoms with Gasteiger partial charge in [-0.25, -0.2) is 0 Å². The second-order valence-electron chi connectivity index (χ2n) is 5.24. The Morgan fingerprint density at radius 2 is 1.86 bits per heavy atom. The number of rotatable bonds is 4. The van der Waals surface area contributed by atoms with Crippen molar-refractivity contribution in [1.82, 2.24) is 4.98 Å². The van der Waals surface area contributed by atoms with Crippen LogP contribution in [0.25, 0.3) is 10.8 Å². The van der Waals surface area contributed by atoms with Gasteiger partial charge in [-0.2, -0.15) is 0 Å². The van der Waals surface area contributed by atoms with Gasteiger partial charge in [0.25, 0.3) is 0 Å². The Labute approximate surface area is 124 Å². The molecule has 3 rings (SSSR count). The van der Waals surface area contributed by atoms with E-state index in [1.54, 1.807) is 0 Å². The highest BCUT2D eigenvalue weighted by molar-refractivity contribution is 6.00. The standard InChI is InChI=1S/C18H19N3/c1-13-11-15-16(12-21-13)17(19)7-8-18(15)20-10-9-14-5-3-2-4-6-14/h2-8,11-12,20H,9-10,19H2,1H3. The lowest BCUT2D eigenvalue weighted by Crippen LogP contribution is -2.05. The van der Waals surface area contributed by atoms with Crippen molar-refractivity contribution in [2.24, 2.45) is 0 Å². The minimum Gasteiger partial charge on any atom is -0.398 e. The second-order valence-corrected chi connectivity index (χ2v) is 5.24. The third-order valence-corrected chi connectivity index (χ3v) is 3.64. The number of hydrogen-bond acceptors (Lipinski definition) is 3. The van der Waals surface area contributed by atoms with Crippen LogP contribution in [0.5, 0.6) is 0 Å². The lowest BCUT2D eigenvalue weighted by Gasteiger charge is -2.12. The molecule has 106 valence electrons. The van der Waals surface area contributed by atoms with Gasteiger partial charge in [0.2, 0.25) is 0 Å². The van der Waals surface area contributed by atoms with E-state index >= 15 is 0 Å². The van der Waals surface area contributed by atoms with Crippen LogP contribution in [0, 0.1) is 6.92 Å². The number of benzene rings is 2. The number of aryl methyl sites for hydroxylation is 1. The van der Waals surface area contributed by atoms with Gasteiger partial charge in [-0.15, -0.1) is 0 Å². The summed E-state index contributed by atoms with van der Waals surface area (Å²) in [7, 11) is 0. The van der Waals surface area contributed by atoms with Crippen LogP contribution >= 0.6 is 0 Å². The highest BCUT2D eigenvalue weighted by Crippen LogP contribution is 2.28. The summed E-state index contributed by atoms with van der Waals surface area (Å²) in [6, 6.07) is 16.5. The van der Waals surface area contributed by atoms with Crippen LogP contribution in [0.4, 0.5) is 11.4 Å². The van der Waals surface area contributed by atoms with Gasteiger partial charge in [0.15, 0.2) is 0 Å². The van der Waals surface area contributed by atoms with E-state index in [-0.39, 0.29) is 0 Å². The number of hydrogen-bond donors (Lipinski definition) is 2. The fourth-order valence-corrected chi connectivity index (χ4v) is 2.51. The fourth-order valence-electron chi connectivity index (χ4n) is 2.51. The highest BCUT2D eigenvalue weighted by Gasteiger charge is 2.05. The number of aromatic nitrogens is 1. The predicted molar refractivity (Wildman–Crippen MR) is 89.5 cm³/mol. The number of anilines is 2. The Kier molecular flexibility index (Phi) is 3.73. The van der Waals surface area contributed by atoms with Gasteiger partial charge in [0, 0.05) is 40.6 Å². The van der Waals surface area contributed by atoms with Crippen molar-refractivity contribution in [2.75, 3.05) is 17.6 Å². The first-order chi connectivity index (χ1) is 10.2. The first-order valence-electron chi connectivity index (χ1n) is 7.16. The molecule has 0 saturated heterocycles. The molecule has 1 aromatic heterocycles. The maximum Gasteiger partial charge on any atom is 0.0422 e. The molecule has 0 fully saturated rings. The van der Waals surface area contributed by atoms with E-state index in [0.717, 1.165) is 40.8 Å². The maximum absolute atomic E-state index is 6.03. The van der Waals surface area contributed by atoms with Gasteiger partial charge in [0.1, 0.15) is 0 Å². The van der Waals surface area contributed by atoms with E-state index in [4.69, 9.17) is 5.73 Å². The molecule has 3 nitrogen and oxygen atoms in total. The average Bonchev–Trinajstić information content (AvgIpc) is 2.50. The zero-order chi connectivity index (χ0) is 14.7. The Morgan fingerprint density at radius 1 is 1.05 bits per heavy atom. The van der Waals surface area contributed by atoms with Crippen LogP contribution in [0.3, 0.4) is 0 Å². The molecule has 1 heterocycles. The third-order valence-electron chi connectivity index (χ3n) is 3.64. The smallest absolute Gasteiger partial charge is 0.0422 e. The molecule has 0 aliphatic heterocycles. The maximum atomic E-state index is 6.03. The Hall–Kier alpha value is -2.55. The largest absolute Gasteiger partial charge is 0.398 e. The summed E-state index contributed by atoms with van der Waals surface area (Å²) in [6.45, 7) is 2.89. The van der Waals surface area contributed by atoms with Gasteiger partial charge in [0.05, 0.1) is 0 Å². The van der Waals surface area contributed by atoms with Gasteiger partial charge in [-0.1, -0.05) is 30.3 Å². The molecule has 3 N–H and O–H groups in total. The van der Waals surface area contributed by atoms with Crippen molar-refractivity contribution in [2.45, 2.75) is 13.3 Å². The van der Waals surface area contributed by atoms with Crippen molar-refractivity contribution in [3.63, 3.8) is 0 Å². The zero-order valence-corrected chi connectivity index (χ0v) is 12.1. The van der Waals surface area contributed by atoms with Gasteiger partial charge in [-0.05, 0) is 37.1 Å². The summed E-state index contributed by atoms with van der Waals surface area (Å²) in [6.07, 6.45) is 2.85.